The Labute approximate surface area is 210 Å². The predicted octanol–water partition coefficient (Wildman–Crippen LogP) is 3.21. The van der Waals surface area contributed by atoms with E-state index >= 15 is 0 Å². The van der Waals surface area contributed by atoms with E-state index in [2.05, 4.69) is 15.2 Å². The Bertz CT molecular complexity index is 1220. The molecule has 10 heteroatoms. The summed E-state index contributed by atoms with van der Waals surface area (Å²) in [6.07, 6.45) is 1.94. The molecule has 3 aromatic rings. The minimum absolute atomic E-state index is 0.153. The van der Waals surface area contributed by atoms with Crippen molar-refractivity contribution in [2.24, 2.45) is 5.73 Å². The van der Waals surface area contributed by atoms with Gasteiger partial charge in [-0.2, -0.15) is 0 Å². The van der Waals surface area contributed by atoms with Gasteiger partial charge in [0.15, 0.2) is 0 Å². The number of nitrogens with zero attached hydrogens (tertiary/aromatic N) is 4. The lowest BCUT2D eigenvalue weighted by Crippen LogP contribution is -2.36. The Hall–Kier alpha value is -3.50. The van der Waals surface area contributed by atoms with Gasteiger partial charge in [0.25, 0.3) is 5.91 Å². The van der Waals surface area contributed by atoms with Gasteiger partial charge in [0.1, 0.15) is 23.5 Å². The van der Waals surface area contributed by atoms with Crippen molar-refractivity contribution in [3.8, 4) is 5.75 Å². The van der Waals surface area contributed by atoms with Crippen LogP contribution in [0.2, 0.25) is 0 Å². The molecule has 1 atom stereocenters. The van der Waals surface area contributed by atoms with Gasteiger partial charge in [-0.1, -0.05) is 0 Å². The average molecular weight is 497 g/mol. The van der Waals surface area contributed by atoms with E-state index in [0.717, 1.165) is 25.3 Å². The van der Waals surface area contributed by atoms with E-state index in [1.807, 2.05) is 6.92 Å². The third kappa shape index (κ3) is 5.83. The fraction of sp³-hybridized carbons (Fsp3) is 0.423. The summed E-state index contributed by atoms with van der Waals surface area (Å²) in [5.41, 5.74) is 8.67. The van der Waals surface area contributed by atoms with Crippen LogP contribution in [0.1, 0.15) is 35.4 Å². The number of benzene rings is 2. The van der Waals surface area contributed by atoms with Crippen molar-refractivity contribution in [2.45, 2.75) is 19.4 Å². The maximum Gasteiger partial charge on any atom is 0.253 e. The lowest BCUT2D eigenvalue weighted by molar-refractivity contribution is 0.0827. The molecule has 0 aliphatic carbocycles. The van der Waals surface area contributed by atoms with Gasteiger partial charge < -0.3 is 30.3 Å². The van der Waals surface area contributed by atoms with Crippen LogP contribution in [0.5, 0.6) is 5.75 Å². The predicted molar refractivity (Wildman–Crippen MR) is 138 cm³/mol. The molecule has 1 unspecified atom stereocenters. The summed E-state index contributed by atoms with van der Waals surface area (Å²) >= 11 is 0. The summed E-state index contributed by atoms with van der Waals surface area (Å²) in [4.78, 5) is 26.0. The molecule has 0 radical (unpaired) electrons. The van der Waals surface area contributed by atoms with Gasteiger partial charge in [0, 0.05) is 50.9 Å². The molecule has 1 aliphatic heterocycles. The first-order valence-electron chi connectivity index (χ1n) is 12.1. The van der Waals surface area contributed by atoms with Gasteiger partial charge in [-0.05, 0) is 44.2 Å². The minimum Gasteiger partial charge on any atom is -0.484 e. The zero-order chi connectivity index (χ0) is 25.7. The Morgan fingerprint density at radius 2 is 2.06 bits per heavy atom. The number of carbonyl (C=O) groups excluding carboxylic acids is 1. The number of fused-ring (bicyclic) bond motifs is 1. The highest BCUT2D eigenvalue weighted by molar-refractivity contribution is 5.98. The van der Waals surface area contributed by atoms with E-state index in [-0.39, 0.29) is 5.91 Å². The first kappa shape index (κ1) is 25.6. The third-order valence-corrected chi connectivity index (χ3v) is 6.03. The van der Waals surface area contributed by atoms with Crippen LogP contribution in [-0.2, 0) is 4.74 Å². The number of hydrogen-bond acceptors (Lipinski definition) is 8. The van der Waals surface area contributed by atoms with Crippen LogP contribution in [0.15, 0.2) is 36.5 Å². The van der Waals surface area contributed by atoms with Crippen LogP contribution < -0.4 is 20.7 Å². The van der Waals surface area contributed by atoms with Crippen molar-refractivity contribution in [1.82, 2.24) is 14.9 Å². The number of ether oxygens (including phenoxy) is 2. The second-order valence-electron chi connectivity index (χ2n) is 8.93. The number of carbonyl (C=O) groups is 1. The second kappa shape index (κ2) is 11.5. The largest absolute Gasteiger partial charge is 0.484 e. The number of rotatable bonds is 9. The molecule has 4 rings (SSSR count). The molecule has 36 heavy (non-hydrogen) atoms. The fourth-order valence-corrected chi connectivity index (χ4v) is 4.09. The van der Waals surface area contributed by atoms with Crippen molar-refractivity contribution in [3.63, 3.8) is 0 Å². The molecule has 1 aliphatic rings. The van der Waals surface area contributed by atoms with Crippen LogP contribution in [-0.4, -0.2) is 74.3 Å². The Morgan fingerprint density at radius 3 is 2.78 bits per heavy atom. The maximum absolute atomic E-state index is 14.1. The number of amides is 1. The van der Waals surface area contributed by atoms with Crippen LogP contribution >= 0.6 is 0 Å². The quantitative estimate of drug-likeness (QED) is 0.435. The monoisotopic (exact) mass is 496 g/mol. The zero-order valence-electron chi connectivity index (χ0n) is 21.0. The Balaban J connectivity index is 1.74. The van der Waals surface area contributed by atoms with Gasteiger partial charge in [-0.25, -0.2) is 9.37 Å². The first-order valence-corrected chi connectivity index (χ1v) is 12.1. The number of halogens is 1. The van der Waals surface area contributed by atoms with E-state index in [0.29, 0.717) is 59.9 Å². The molecule has 0 saturated carbocycles. The van der Waals surface area contributed by atoms with Gasteiger partial charge in [0.05, 0.1) is 36.1 Å². The maximum atomic E-state index is 14.1. The summed E-state index contributed by atoms with van der Waals surface area (Å²) < 4.78 is 25.9. The minimum atomic E-state index is -0.548. The lowest BCUT2D eigenvalue weighted by Gasteiger charge is -2.28. The summed E-state index contributed by atoms with van der Waals surface area (Å²) in [7, 11) is 3.40. The molecule has 1 amide bonds. The molecule has 9 nitrogen and oxygen atoms in total. The molecule has 0 bridgehead atoms. The van der Waals surface area contributed by atoms with Crippen LogP contribution in [0.4, 0.5) is 15.9 Å². The molecule has 3 N–H and O–H groups in total. The summed E-state index contributed by atoms with van der Waals surface area (Å²) in [6, 6.07) is 7.91. The van der Waals surface area contributed by atoms with Crippen molar-refractivity contribution in [2.75, 3.05) is 63.7 Å². The fourth-order valence-electron chi connectivity index (χ4n) is 4.09. The molecule has 1 aromatic heterocycles. The normalized spacial score (nSPS) is 14.5. The number of aromatic nitrogens is 2. The average Bonchev–Trinajstić information content (AvgIpc) is 2.89. The van der Waals surface area contributed by atoms with Gasteiger partial charge in [-0.15, -0.1) is 0 Å². The molecule has 1 saturated heterocycles. The smallest absolute Gasteiger partial charge is 0.253 e. The molecule has 2 heterocycles. The van der Waals surface area contributed by atoms with E-state index < -0.39 is 11.9 Å². The van der Waals surface area contributed by atoms with E-state index in [1.165, 1.54) is 17.0 Å². The number of nitrogens with two attached hydrogens (primary N) is 1. The topological polar surface area (TPSA) is 106 Å². The van der Waals surface area contributed by atoms with Crippen LogP contribution in [0.25, 0.3) is 11.0 Å². The molecular formula is C26H33FN6O3. The molecule has 2 aromatic carbocycles. The summed E-state index contributed by atoms with van der Waals surface area (Å²) in [5.74, 6) is 0.548. The first-order chi connectivity index (χ1) is 17.4. The number of morpholine rings is 1. The number of anilines is 2. The van der Waals surface area contributed by atoms with Crippen LogP contribution in [0, 0.1) is 5.82 Å². The highest BCUT2D eigenvalue weighted by Gasteiger charge is 2.21. The molecular weight excluding hydrogens is 463 g/mol. The summed E-state index contributed by atoms with van der Waals surface area (Å²) in [5, 5.41) is 3.25. The number of hydrogen-bond donors (Lipinski definition) is 2. The zero-order valence-corrected chi connectivity index (χ0v) is 21.0. The van der Waals surface area contributed by atoms with Crippen molar-refractivity contribution < 1.29 is 18.7 Å². The lowest BCUT2D eigenvalue weighted by atomic mass is 10.0. The molecule has 192 valence electrons. The van der Waals surface area contributed by atoms with Crippen LogP contribution in [0.3, 0.4) is 0 Å². The highest BCUT2D eigenvalue weighted by atomic mass is 19.1. The van der Waals surface area contributed by atoms with E-state index in [9.17, 15) is 9.18 Å². The number of nitrogens with one attached hydrogen (secondary N) is 1. The van der Waals surface area contributed by atoms with Crippen molar-refractivity contribution in [3.05, 3.63) is 53.5 Å². The van der Waals surface area contributed by atoms with Gasteiger partial charge >= 0.3 is 0 Å². The highest BCUT2D eigenvalue weighted by Crippen LogP contribution is 2.33. The second-order valence-corrected chi connectivity index (χ2v) is 8.93. The summed E-state index contributed by atoms with van der Waals surface area (Å²) in [6.45, 7) is 5.74. The SMILES string of the molecule is CC(Oc1cc(F)ccc1NCCCN)c1cc(C(=O)N(C)C)cc2ncc(N3CCOCC3)nc12. The van der Waals surface area contributed by atoms with Crippen molar-refractivity contribution in [1.29, 1.82) is 0 Å². The van der Waals surface area contributed by atoms with Gasteiger partial charge in [-0.3, -0.25) is 9.78 Å². The van der Waals surface area contributed by atoms with E-state index in [4.69, 9.17) is 20.2 Å². The molecule has 0 spiro atoms. The standard InChI is InChI=1S/C26H33FN6O3/c1-17(36-23-15-19(27)5-6-21(23)29-8-4-7-28)20-13-18(26(34)32(2)3)14-22-25(20)31-24(16-30-22)33-9-11-35-12-10-33/h5-6,13-17,29H,4,7-12,28H2,1-3H3. The van der Waals surface area contributed by atoms with Gasteiger partial charge in [0.2, 0.25) is 0 Å². The molecule has 1 fully saturated rings. The van der Waals surface area contributed by atoms with E-state index in [1.54, 1.807) is 38.5 Å². The van der Waals surface area contributed by atoms with Crippen molar-refractivity contribution >= 4 is 28.4 Å². The Kier molecular flexibility index (Phi) is 8.17. The third-order valence-electron chi connectivity index (χ3n) is 6.03. The Morgan fingerprint density at radius 1 is 1.28 bits per heavy atom.